The van der Waals surface area contributed by atoms with Crippen LogP contribution in [0.4, 0.5) is 4.79 Å². The van der Waals surface area contributed by atoms with Crippen molar-refractivity contribution in [2.75, 3.05) is 0 Å². The molecule has 106 valence electrons. The first kappa shape index (κ1) is 13.3. The van der Waals surface area contributed by atoms with Crippen molar-refractivity contribution in [3.05, 3.63) is 66.0 Å². The van der Waals surface area contributed by atoms with Crippen molar-refractivity contribution in [2.24, 2.45) is 0 Å². The minimum atomic E-state index is -1.03. The molecule has 3 rings (SSSR count). The standard InChI is InChI=1S/C16H15N3O2/c1-16(13-7-9-17-10-8-13)14(20)19(15(21)18-16)11-12-5-3-2-4-6-12/h2-10H,11H2,1H3,(H,18,21)/t16-/m0/s1. The van der Waals surface area contributed by atoms with Crippen LogP contribution in [-0.2, 0) is 16.9 Å². The van der Waals surface area contributed by atoms with Crippen LogP contribution in [0.25, 0.3) is 0 Å². The van der Waals surface area contributed by atoms with Crippen molar-refractivity contribution >= 4 is 11.9 Å². The zero-order chi connectivity index (χ0) is 14.9. The number of hydrogen-bond donors (Lipinski definition) is 1. The van der Waals surface area contributed by atoms with E-state index in [0.717, 1.165) is 11.1 Å². The maximum absolute atomic E-state index is 12.7. The Morgan fingerprint density at radius 3 is 2.43 bits per heavy atom. The van der Waals surface area contributed by atoms with Crippen LogP contribution < -0.4 is 5.32 Å². The molecule has 0 aliphatic carbocycles. The number of hydrogen-bond acceptors (Lipinski definition) is 3. The second-order valence-corrected chi connectivity index (χ2v) is 5.17. The largest absolute Gasteiger partial charge is 0.325 e. The normalized spacial score (nSPS) is 21.5. The summed E-state index contributed by atoms with van der Waals surface area (Å²) in [6.07, 6.45) is 3.22. The molecule has 1 N–H and O–H groups in total. The first-order valence-corrected chi connectivity index (χ1v) is 6.70. The number of carbonyl (C=O) groups excluding carboxylic acids is 2. The summed E-state index contributed by atoms with van der Waals surface area (Å²) < 4.78 is 0. The third-order valence-electron chi connectivity index (χ3n) is 3.72. The van der Waals surface area contributed by atoms with Gasteiger partial charge in [0.15, 0.2) is 0 Å². The molecule has 1 fully saturated rings. The molecule has 0 unspecified atom stereocenters. The van der Waals surface area contributed by atoms with Crippen LogP contribution in [0.5, 0.6) is 0 Å². The predicted molar refractivity (Wildman–Crippen MR) is 77.1 cm³/mol. The third kappa shape index (κ3) is 2.27. The highest BCUT2D eigenvalue weighted by Gasteiger charge is 2.48. The Labute approximate surface area is 122 Å². The number of imide groups is 1. The number of nitrogens with zero attached hydrogens (tertiary/aromatic N) is 2. The average Bonchev–Trinajstić information content (AvgIpc) is 2.74. The molecule has 2 aromatic rings. The molecule has 0 bridgehead atoms. The van der Waals surface area contributed by atoms with E-state index in [2.05, 4.69) is 10.3 Å². The molecular weight excluding hydrogens is 266 g/mol. The predicted octanol–water partition coefficient (Wildman–Crippen LogP) is 2.05. The number of urea groups is 1. The molecule has 1 aromatic heterocycles. The van der Waals surface area contributed by atoms with Crippen molar-refractivity contribution in [3.8, 4) is 0 Å². The van der Waals surface area contributed by atoms with Crippen molar-refractivity contribution < 1.29 is 9.59 Å². The van der Waals surface area contributed by atoms with Crippen LogP contribution >= 0.6 is 0 Å². The van der Waals surface area contributed by atoms with Crippen LogP contribution in [0.15, 0.2) is 54.9 Å². The Morgan fingerprint density at radius 2 is 1.76 bits per heavy atom. The molecule has 1 aromatic carbocycles. The molecule has 0 radical (unpaired) electrons. The van der Waals surface area contributed by atoms with Gasteiger partial charge in [0, 0.05) is 12.4 Å². The SMILES string of the molecule is C[C@@]1(c2ccncc2)NC(=O)N(Cc2ccccc2)C1=O. The molecule has 1 aliphatic heterocycles. The highest BCUT2D eigenvalue weighted by Crippen LogP contribution is 2.29. The zero-order valence-corrected chi connectivity index (χ0v) is 11.6. The van der Waals surface area contributed by atoms with E-state index in [1.54, 1.807) is 31.5 Å². The molecule has 0 saturated carbocycles. The lowest BCUT2D eigenvalue weighted by atomic mass is 9.93. The van der Waals surface area contributed by atoms with Gasteiger partial charge in [-0.25, -0.2) is 4.79 Å². The first-order chi connectivity index (χ1) is 10.1. The van der Waals surface area contributed by atoms with Gasteiger partial charge in [-0.1, -0.05) is 30.3 Å². The zero-order valence-electron chi connectivity index (χ0n) is 11.6. The Kier molecular flexibility index (Phi) is 3.17. The summed E-state index contributed by atoms with van der Waals surface area (Å²) in [5, 5.41) is 2.78. The minimum absolute atomic E-state index is 0.248. The molecule has 3 amide bonds. The molecular formula is C16H15N3O2. The summed E-state index contributed by atoms with van der Waals surface area (Å²) in [4.78, 5) is 30.0. The average molecular weight is 281 g/mol. The van der Waals surface area contributed by atoms with Gasteiger partial charge >= 0.3 is 6.03 Å². The van der Waals surface area contributed by atoms with Gasteiger partial charge in [-0.2, -0.15) is 0 Å². The fourth-order valence-corrected chi connectivity index (χ4v) is 2.49. The quantitative estimate of drug-likeness (QED) is 0.876. The summed E-state index contributed by atoms with van der Waals surface area (Å²) in [6, 6.07) is 12.6. The van der Waals surface area contributed by atoms with E-state index in [-0.39, 0.29) is 18.5 Å². The van der Waals surface area contributed by atoms with Gasteiger partial charge in [0.1, 0.15) is 5.54 Å². The number of amides is 3. The highest BCUT2D eigenvalue weighted by atomic mass is 16.2. The maximum atomic E-state index is 12.7. The molecule has 5 nitrogen and oxygen atoms in total. The Bertz CT molecular complexity index is 672. The smallest absolute Gasteiger partial charge is 0.319 e. The lowest BCUT2D eigenvalue weighted by Crippen LogP contribution is -2.40. The van der Waals surface area contributed by atoms with E-state index >= 15 is 0 Å². The van der Waals surface area contributed by atoms with Gasteiger partial charge in [-0.3, -0.25) is 14.7 Å². The van der Waals surface area contributed by atoms with Crippen LogP contribution in [0.2, 0.25) is 0 Å². The Balaban J connectivity index is 1.89. The fourth-order valence-electron chi connectivity index (χ4n) is 2.49. The van der Waals surface area contributed by atoms with Gasteiger partial charge in [0.25, 0.3) is 5.91 Å². The maximum Gasteiger partial charge on any atom is 0.325 e. The summed E-state index contributed by atoms with van der Waals surface area (Å²) in [7, 11) is 0. The van der Waals surface area contributed by atoms with E-state index in [1.165, 1.54) is 4.90 Å². The first-order valence-electron chi connectivity index (χ1n) is 6.70. The molecule has 1 atom stereocenters. The van der Waals surface area contributed by atoms with Gasteiger partial charge in [0.2, 0.25) is 0 Å². The number of aromatic nitrogens is 1. The molecule has 0 spiro atoms. The van der Waals surface area contributed by atoms with Gasteiger partial charge in [-0.05, 0) is 30.2 Å². The summed E-state index contributed by atoms with van der Waals surface area (Å²) in [5.41, 5.74) is 0.612. The molecule has 21 heavy (non-hydrogen) atoms. The number of nitrogens with one attached hydrogen (secondary N) is 1. The molecule has 2 heterocycles. The summed E-state index contributed by atoms with van der Waals surface area (Å²) in [6.45, 7) is 1.99. The lowest BCUT2D eigenvalue weighted by Gasteiger charge is -2.22. The van der Waals surface area contributed by atoms with Crippen LogP contribution in [0.3, 0.4) is 0 Å². The molecule has 1 aliphatic rings. The lowest BCUT2D eigenvalue weighted by molar-refractivity contribution is -0.131. The van der Waals surface area contributed by atoms with Crippen LogP contribution in [-0.4, -0.2) is 21.8 Å². The highest BCUT2D eigenvalue weighted by molar-refractivity contribution is 6.07. The molecule has 1 saturated heterocycles. The second kappa shape index (κ2) is 5.01. The van der Waals surface area contributed by atoms with Crippen LogP contribution in [0.1, 0.15) is 18.1 Å². The topological polar surface area (TPSA) is 62.3 Å². The van der Waals surface area contributed by atoms with E-state index in [9.17, 15) is 9.59 Å². The van der Waals surface area contributed by atoms with Crippen molar-refractivity contribution in [2.45, 2.75) is 19.0 Å². The second-order valence-electron chi connectivity index (χ2n) is 5.17. The van der Waals surface area contributed by atoms with Crippen LogP contribution in [0, 0.1) is 0 Å². The van der Waals surface area contributed by atoms with Gasteiger partial charge in [-0.15, -0.1) is 0 Å². The number of rotatable bonds is 3. The van der Waals surface area contributed by atoms with Gasteiger partial charge in [0.05, 0.1) is 6.54 Å². The fraction of sp³-hybridized carbons (Fsp3) is 0.188. The van der Waals surface area contributed by atoms with Gasteiger partial charge < -0.3 is 5.32 Å². The Morgan fingerprint density at radius 1 is 1.10 bits per heavy atom. The third-order valence-corrected chi connectivity index (χ3v) is 3.72. The van der Waals surface area contributed by atoms with E-state index < -0.39 is 5.54 Å². The van der Waals surface area contributed by atoms with Crippen molar-refractivity contribution in [3.63, 3.8) is 0 Å². The van der Waals surface area contributed by atoms with E-state index in [1.807, 2.05) is 30.3 Å². The summed E-state index contributed by atoms with van der Waals surface area (Å²) >= 11 is 0. The van der Waals surface area contributed by atoms with E-state index in [0.29, 0.717) is 0 Å². The minimum Gasteiger partial charge on any atom is -0.319 e. The number of benzene rings is 1. The van der Waals surface area contributed by atoms with Crippen molar-refractivity contribution in [1.82, 2.24) is 15.2 Å². The number of carbonyl (C=O) groups is 2. The Hall–Kier alpha value is -2.69. The monoisotopic (exact) mass is 281 g/mol. The van der Waals surface area contributed by atoms with E-state index in [4.69, 9.17) is 0 Å². The molecule has 5 heteroatoms. The van der Waals surface area contributed by atoms with Crippen molar-refractivity contribution in [1.29, 1.82) is 0 Å². The summed E-state index contributed by atoms with van der Waals surface area (Å²) in [5.74, 6) is -0.248. The number of pyridine rings is 1.